The Kier molecular flexibility index (Phi) is 15.8. The minimum Gasteiger partial charge on any atom is -0.632 e. The summed E-state index contributed by atoms with van der Waals surface area (Å²) < 4.78 is 10.1. The maximum atomic E-state index is 10.7. The third kappa shape index (κ3) is 10.4. The first kappa shape index (κ1) is 38.9. The number of ether oxygens (including phenoxy) is 2. The molecule has 0 spiro atoms. The number of thiophene rings is 2. The second kappa shape index (κ2) is 18.7. The molecular weight excluding hydrogens is 744 g/mol. The molecule has 0 aliphatic carbocycles. The van der Waals surface area contributed by atoms with Crippen molar-refractivity contribution in [3.8, 4) is 32.1 Å². The van der Waals surface area contributed by atoms with Crippen LogP contribution in [0.2, 0.25) is 0 Å². The van der Waals surface area contributed by atoms with Gasteiger partial charge in [0.15, 0.2) is 0 Å². The van der Waals surface area contributed by atoms with Crippen LogP contribution in [-0.4, -0.2) is 58.4 Å². The van der Waals surface area contributed by atoms with Crippen LogP contribution in [0.25, 0.3) is 64.0 Å². The molecule has 46 heavy (non-hydrogen) atoms. The van der Waals surface area contributed by atoms with Gasteiger partial charge in [-0.1, -0.05) is 30.3 Å². The van der Waals surface area contributed by atoms with Crippen LogP contribution in [0.3, 0.4) is 0 Å². The van der Waals surface area contributed by atoms with Crippen LogP contribution in [0, 0.1) is 0 Å². The zero-order chi connectivity index (χ0) is 31.6. The van der Waals surface area contributed by atoms with E-state index in [1.807, 2.05) is 18.1 Å². The number of fused-ring (bicyclic) bond motifs is 2. The van der Waals surface area contributed by atoms with Gasteiger partial charge in [-0.15, -0.1) is 22.7 Å². The van der Waals surface area contributed by atoms with E-state index in [1.165, 1.54) is 24.7 Å². The summed E-state index contributed by atoms with van der Waals surface area (Å²) in [6.07, 6.45) is -0.241. The molecule has 12 nitrogen and oxygen atoms in total. The third-order valence-corrected chi connectivity index (χ3v) is 9.30. The molecule has 4 aromatic heterocycles. The fourth-order valence-corrected chi connectivity index (χ4v) is 7.08. The molecule has 2 atom stereocenters. The Bertz CT molecular complexity index is 1880. The van der Waals surface area contributed by atoms with Gasteiger partial charge in [-0.25, -0.2) is 22.0 Å². The van der Waals surface area contributed by atoms with Gasteiger partial charge in [-0.2, -0.15) is 17.2 Å². The first-order valence-electron chi connectivity index (χ1n) is 12.3. The Morgan fingerprint density at radius 2 is 1.26 bits per heavy atom. The Morgan fingerprint density at radius 1 is 0.761 bits per heavy atom. The van der Waals surface area contributed by atoms with Crippen molar-refractivity contribution in [1.82, 2.24) is 19.9 Å². The van der Waals surface area contributed by atoms with E-state index in [0.717, 1.165) is 42.1 Å². The van der Waals surface area contributed by atoms with Crippen molar-refractivity contribution >= 4 is 95.6 Å². The van der Waals surface area contributed by atoms with Crippen molar-refractivity contribution in [2.45, 2.75) is 0 Å². The number of hydrogen-bond acceptors (Lipinski definition) is 10. The van der Waals surface area contributed by atoms with Gasteiger partial charge in [0.25, 0.3) is 0 Å². The molecule has 0 bridgehead atoms. The van der Waals surface area contributed by atoms with E-state index < -0.39 is 12.2 Å². The molecule has 6 rings (SSSR count). The van der Waals surface area contributed by atoms with Crippen LogP contribution in [0.4, 0.5) is 9.59 Å². The van der Waals surface area contributed by atoms with E-state index in [2.05, 4.69) is 77.9 Å². The number of carbonyl (C=O) groups excluding carboxylic acids is 4. The standard InChI is InChI=1S/C24H14N4O2P2S2.2C2H5NO2.2V/c29-11-31-23-25-10-18(28-23)13-1-3-14(4-2-13)19-8-21-22(33-19)9-20(34-21)15-5-6-16-17(7-15)27-24(26-16)32-12-30;2*1-5-2(3)4;;/h1-10,31-32H,(H,25,28)(H,26,27);2*1H3,(H2,3,4);;/q-2;;;2*+2/p-2. The molecular formula is C28H22N6O6P2S2V2. The molecule has 0 saturated heterocycles. The number of nitrogens with one attached hydrogen (secondary N) is 4. The summed E-state index contributed by atoms with van der Waals surface area (Å²) in [6.45, 7) is 0. The largest absolute Gasteiger partial charge is 2.00 e. The number of hydrogen-bond donors (Lipinski definition) is 2. The van der Waals surface area contributed by atoms with Crippen molar-refractivity contribution in [3.63, 3.8) is 0 Å². The smallest absolute Gasteiger partial charge is 0.632 e. The molecule has 18 heteroatoms. The summed E-state index contributed by atoms with van der Waals surface area (Å²) in [6, 6.07) is 22.8. The summed E-state index contributed by atoms with van der Waals surface area (Å²) in [5.41, 5.74) is 19.3. The Labute approximate surface area is 298 Å². The minimum absolute atomic E-state index is 0. The summed E-state index contributed by atoms with van der Waals surface area (Å²) in [7, 11) is 2.17. The number of imidazole rings is 2. The number of H-pyrrole nitrogens is 2. The average molecular weight is 766 g/mol. The summed E-state index contributed by atoms with van der Waals surface area (Å²) >= 11 is 3.55. The number of aromatic nitrogens is 4. The number of carbonyl (C=O) groups is 2. The fourth-order valence-electron chi connectivity index (χ4n) is 3.78. The predicted molar refractivity (Wildman–Crippen MR) is 179 cm³/mol. The number of amides is 2. The maximum Gasteiger partial charge on any atom is 2.00 e. The SMILES string of the molecule is COC([NH-])=O.COC([NH-])=O.O=[C-]Pc1ncc(-c2ccc(-c3cc4sc(-c5ccc6nc(P[C-]=O)[nH]c6c5)cc4s3)cc2)[nH]1.[V+2].[V+2]. The first-order valence-corrected chi connectivity index (χ1v) is 15.9. The first-order chi connectivity index (χ1) is 21.2. The van der Waals surface area contributed by atoms with Crippen molar-refractivity contribution in [2.75, 3.05) is 14.2 Å². The number of nitrogens with zero attached hydrogens (tertiary/aromatic N) is 2. The minimum atomic E-state index is -0.995. The number of aromatic amines is 2. The molecule has 0 saturated carbocycles. The van der Waals surface area contributed by atoms with Gasteiger partial charge < -0.3 is 40.5 Å². The Hall–Kier alpha value is -3.31. The predicted octanol–water partition coefficient (Wildman–Crippen LogP) is 6.91. The molecule has 2 radical (unpaired) electrons. The molecule has 0 fully saturated rings. The molecule has 0 aliphatic heterocycles. The van der Waals surface area contributed by atoms with Crippen LogP contribution in [0.15, 0.2) is 60.8 Å². The molecule has 2 unspecified atom stereocenters. The van der Waals surface area contributed by atoms with E-state index in [9.17, 15) is 19.2 Å². The molecule has 0 aliphatic rings. The topological polar surface area (TPSA) is 192 Å². The van der Waals surface area contributed by atoms with E-state index in [4.69, 9.17) is 11.5 Å². The van der Waals surface area contributed by atoms with Crippen molar-refractivity contribution in [1.29, 1.82) is 0 Å². The normalized spacial score (nSPS) is 10.4. The zero-order valence-electron chi connectivity index (χ0n) is 23.8. The number of methoxy groups -OCH3 is 2. The van der Waals surface area contributed by atoms with Gasteiger partial charge in [0.2, 0.25) is 12.2 Å². The van der Waals surface area contributed by atoms with Gasteiger partial charge in [0.1, 0.15) is 0 Å². The van der Waals surface area contributed by atoms with Crippen LogP contribution >= 0.6 is 39.8 Å². The number of rotatable bonds is 7. The second-order valence-electron chi connectivity index (χ2n) is 8.43. The van der Waals surface area contributed by atoms with Gasteiger partial charge >= 0.3 is 37.1 Å². The van der Waals surface area contributed by atoms with Crippen LogP contribution in [0.1, 0.15) is 0 Å². The summed E-state index contributed by atoms with van der Waals surface area (Å²) in [4.78, 5) is 57.2. The van der Waals surface area contributed by atoms with E-state index in [0.29, 0.717) is 11.1 Å². The van der Waals surface area contributed by atoms with Gasteiger partial charge in [0.05, 0.1) is 48.3 Å². The molecule has 2 aromatic carbocycles. The van der Waals surface area contributed by atoms with E-state index >= 15 is 0 Å². The molecule has 4 heterocycles. The summed E-state index contributed by atoms with van der Waals surface area (Å²) in [5, 5.41) is 0. The average Bonchev–Trinajstić information content (AvgIpc) is 3.81. The molecule has 4 N–H and O–H groups in total. The fraction of sp³-hybridized carbons (Fsp3) is 0.0714. The van der Waals surface area contributed by atoms with Gasteiger partial charge in [0, 0.05) is 19.2 Å². The second-order valence-corrected chi connectivity index (χ2v) is 12.5. The third-order valence-electron chi connectivity index (χ3n) is 5.74. The summed E-state index contributed by atoms with van der Waals surface area (Å²) in [5.74, 6) is 0. The van der Waals surface area contributed by atoms with Crippen LogP contribution in [0.5, 0.6) is 0 Å². The van der Waals surface area contributed by atoms with E-state index in [1.54, 1.807) is 28.9 Å². The van der Waals surface area contributed by atoms with E-state index in [-0.39, 0.29) is 54.3 Å². The van der Waals surface area contributed by atoms with Crippen molar-refractivity contribution in [3.05, 3.63) is 72.3 Å². The molecule has 6 aromatic rings. The van der Waals surface area contributed by atoms with Gasteiger partial charge in [-0.05, 0) is 41.0 Å². The number of benzene rings is 2. The van der Waals surface area contributed by atoms with Crippen molar-refractivity contribution in [2.24, 2.45) is 0 Å². The maximum absolute atomic E-state index is 10.7. The van der Waals surface area contributed by atoms with Gasteiger partial charge in [-0.3, -0.25) is 9.59 Å². The Balaban J connectivity index is 0.000000540. The Morgan fingerprint density at radius 3 is 1.80 bits per heavy atom. The molecule has 232 valence electrons. The zero-order valence-corrected chi connectivity index (χ0v) is 30.3. The van der Waals surface area contributed by atoms with Crippen LogP contribution in [-0.2, 0) is 56.2 Å². The molecule has 2 amide bonds. The van der Waals surface area contributed by atoms with Crippen molar-refractivity contribution < 1.29 is 65.8 Å². The van der Waals surface area contributed by atoms with Crippen LogP contribution < -0.4 is 11.1 Å². The monoisotopic (exact) mass is 766 g/mol. The quantitative estimate of drug-likeness (QED) is 0.129.